The lowest BCUT2D eigenvalue weighted by Crippen LogP contribution is -2.45. The molecule has 0 spiro atoms. The van der Waals surface area contributed by atoms with Crippen molar-refractivity contribution in [1.29, 1.82) is 0 Å². The monoisotopic (exact) mass is 450 g/mol. The van der Waals surface area contributed by atoms with E-state index in [0.29, 0.717) is 17.3 Å². The summed E-state index contributed by atoms with van der Waals surface area (Å²) in [7, 11) is 1.60. The van der Waals surface area contributed by atoms with Gasteiger partial charge in [-0.3, -0.25) is 9.59 Å². The Morgan fingerprint density at radius 2 is 1.84 bits per heavy atom. The molecule has 1 unspecified atom stereocenters. The molecule has 1 aromatic heterocycles. The molecule has 1 aliphatic heterocycles. The van der Waals surface area contributed by atoms with Gasteiger partial charge in [-0.15, -0.1) is 11.8 Å². The summed E-state index contributed by atoms with van der Waals surface area (Å²) in [5, 5.41) is 7.55. The van der Waals surface area contributed by atoms with Crippen molar-refractivity contribution in [3.8, 4) is 11.4 Å². The highest BCUT2D eigenvalue weighted by atomic mass is 32.2. The second-order valence-corrected chi connectivity index (χ2v) is 8.67. The van der Waals surface area contributed by atoms with E-state index in [0.717, 1.165) is 28.4 Å². The lowest BCUT2D eigenvalue weighted by atomic mass is 10.1. The summed E-state index contributed by atoms with van der Waals surface area (Å²) in [6, 6.07) is 16.5. The van der Waals surface area contributed by atoms with E-state index in [1.54, 1.807) is 48.0 Å². The molecule has 1 N–H and O–H groups in total. The fourth-order valence-corrected chi connectivity index (χ4v) is 4.99. The second kappa shape index (κ2) is 9.48. The summed E-state index contributed by atoms with van der Waals surface area (Å²) in [6.07, 6.45) is 0.220. The molecule has 0 bridgehead atoms. The second-order valence-electron chi connectivity index (χ2n) is 7.67. The van der Waals surface area contributed by atoms with Gasteiger partial charge in [0.25, 0.3) is 0 Å². The van der Waals surface area contributed by atoms with E-state index in [9.17, 15) is 9.59 Å². The predicted molar refractivity (Wildman–Crippen MR) is 126 cm³/mol. The number of aryl methyl sites for hydroxylation is 1. The molecule has 2 heterocycles. The number of hydrogen-bond acceptors (Lipinski definition) is 5. The number of carbonyl (C=O) groups excluding carboxylic acids is 2. The van der Waals surface area contributed by atoms with Crippen LogP contribution in [0.15, 0.2) is 54.6 Å². The molecule has 4 rings (SSSR count). The van der Waals surface area contributed by atoms with Crippen LogP contribution in [0.3, 0.4) is 0 Å². The van der Waals surface area contributed by atoms with Crippen molar-refractivity contribution in [2.24, 2.45) is 0 Å². The molecule has 1 saturated heterocycles. The summed E-state index contributed by atoms with van der Waals surface area (Å²) in [5.74, 6) is 1.56. The first kappa shape index (κ1) is 22.0. The number of anilines is 1. The maximum absolute atomic E-state index is 13.2. The molecular formula is C24H26N4O3S. The quantitative estimate of drug-likeness (QED) is 0.621. The van der Waals surface area contributed by atoms with Crippen molar-refractivity contribution in [2.45, 2.75) is 26.3 Å². The predicted octanol–water partition coefficient (Wildman–Crippen LogP) is 3.58. The first-order chi connectivity index (χ1) is 15.5. The van der Waals surface area contributed by atoms with Gasteiger partial charge in [-0.05, 0) is 50.2 Å². The number of benzene rings is 2. The molecule has 1 atom stereocenters. The summed E-state index contributed by atoms with van der Waals surface area (Å²) < 4.78 is 7.02. The lowest BCUT2D eigenvalue weighted by molar-refractivity contribution is -0.135. The zero-order valence-electron chi connectivity index (χ0n) is 18.4. The number of methoxy groups -OCH3 is 1. The Morgan fingerprint density at radius 3 is 2.53 bits per heavy atom. The molecule has 1 aliphatic rings. The molecule has 8 heteroatoms. The number of nitrogens with zero attached hydrogens (tertiary/aromatic N) is 3. The average Bonchev–Trinajstić information content (AvgIpc) is 3.41. The number of hydrogen-bond donors (Lipinski definition) is 1. The van der Waals surface area contributed by atoms with Gasteiger partial charge in [-0.25, -0.2) is 4.68 Å². The van der Waals surface area contributed by atoms with E-state index >= 15 is 0 Å². The number of thioether (sulfide) groups is 1. The molecule has 0 radical (unpaired) electrons. The van der Waals surface area contributed by atoms with Crippen molar-refractivity contribution in [3.05, 3.63) is 71.5 Å². The Labute approximate surface area is 191 Å². The van der Waals surface area contributed by atoms with Crippen LogP contribution in [0.5, 0.6) is 5.75 Å². The van der Waals surface area contributed by atoms with Gasteiger partial charge in [0.15, 0.2) is 0 Å². The van der Waals surface area contributed by atoms with E-state index in [1.165, 1.54) is 0 Å². The topological polar surface area (TPSA) is 76.5 Å². The molecule has 0 saturated carbocycles. The van der Waals surface area contributed by atoms with Gasteiger partial charge in [0, 0.05) is 22.7 Å². The Bertz CT molecular complexity index is 1110. The van der Waals surface area contributed by atoms with Crippen LogP contribution in [-0.2, 0) is 16.0 Å². The Hall–Kier alpha value is -3.26. The lowest BCUT2D eigenvalue weighted by Gasteiger charge is -2.23. The number of aromatic nitrogens is 2. The molecular weight excluding hydrogens is 424 g/mol. The third kappa shape index (κ3) is 4.50. The fourth-order valence-electron chi connectivity index (χ4n) is 3.81. The standard InChI is InChI=1S/C24H26N4O3S/c1-16-21(17(2)28(26-16)19-7-5-4-6-8-19)13-23(29)27-15-32-14-22(27)24(30)25-18-9-11-20(31-3)12-10-18/h4-12,22H,13-15H2,1-3H3,(H,25,30). The van der Waals surface area contributed by atoms with E-state index in [4.69, 9.17) is 4.74 Å². The van der Waals surface area contributed by atoms with Crippen LogP contribution in [0.1, 0.15) is 17.0 Å². The maximum atomic E-state index is 13.2. The highest BCUT2D eigenvalue weighted by Gasteiger charge is 2.35. The van der Waals surface area contributed by atoms with E-state index in [1.807, 2.05) is 48.9 Å². The van der Waals surface area contributed by atoms with Gasteiger partial charge in [0.1, 0.15) is 11.8 Å². The number of carbonyl (C=O) groups is 2. The summed E-state index contributed by atoms with van der Waals surface area (Å²) in [6.45, 7) is 3.89. The molecule has 3 aromatic rings. The summed E-state index contributed by atoms with van der Waals surface area (Å²) in [4.78, 5) is 27.8. The normalized spacial score (nSPS) is 15.6. The zero-order chi connectivity index (χ0) is 22.7. The van der Waals surface area contributed by atoms with Crippen LogP contribution in [0.25, 0.3) is 5.69 Å². The molecule has 32 heavy (non-hydrogen) atoms. The number of amides is 2. The minimum Gasteiger partial charge on any atom is -0.497 e. The first-order valence-corrected chi connectivity index (χ1v) is 11.6. The Balaban J connectivity index is 1.47. The average molecular weight is 451 g/mol. The summed E-state index contributed by atoms with van der Waals surface area (Å²) >= 11 is 1.59. The Morgan fingerprint density at radius 1 is 1.12 bits per heavy atom. The minimum absolute atomic E-state index is 0.0660. The van der Waals surface area contributed by atoms with Gasteiger partial charge < -0.3 is 15.0 Å². The molecule has 7 nitrogen and oxygen atoms in total. The highest BCUT2D eigenvalue weighted by molar-refractivity contribution is 7.99. The minimum atomic E-state index is -0.501. The van der Waals surface area contributed by atoms with Crippen molar-refractivity contribution in [2.75, 3.05) is 24.1 Å². The van der Waals surface area contributed by atoms with E-state index in [-0.39, 0.29) is 18.2 Å². The molecule has 1 fully saturated rings. The molecule has 2 amide bonds. The van der Waals surface area contributed by atoms with Gasteiger partial charge >= 0.3 is 0 Å². The van der Waals surface area contributed by atoms with Crippen LogP contribution in [0.4, 0.5) is 5.69 Å². The van der Waals surface area contributed by atoms with E-state index < -0.39 is 6.04 Å². The number of para-hydroxylation sites is 1. The van der Waals surface area contributed by atoms with Crippen LogP contribution in [0.2, 0.25) is 0 Å². The van der Waals surface area contributed by atoms with Crippen LogP contribution < -0.4 is 10.1 Å². The smallest absolute Gasteiger partial charge is 0.248 e. The van der Waals surface area contributed by atoms with E-state index in [2.05, 4.69) is 10.4 Å². The molecule has 166 valence electrons. The largest absolute Gasteiger partial charge is 0.497 e. The third-order valence-corrected chi connectivity index (χ3v) is 6.64. The number of ether oxygens (including phenoxy) is 1. The number of nitrogens with one attached hydrogen (secondary N) is 1. The van der Waals surface area contributed by atoms with Gasteiger partial charge in [0.2, 0.25) is 11.8 Å². The maximum Gasteiger partial charge on any atom is 0.248 e. The third-order valence-electron chi connectivity index (χ3n) is 5.63. The fraction of sp³-hybridized carbons (Fsp3) is 0.292. The van der Waals surface area contributed by atoms with Gasteiger partial charge in [-0.2, -0.15) is 5.10 Å². The number of rotatable bonds is 6. The van der Waals surface area contributed by atoms with Crippen LogP contribution >= 0.6 is 11.8 Å². The zero-order valence-corrected chi connectivity index (χ0v) is 19.2. The van der Waals surface area contributed by atoms with Crippen molar-refractivity contribution in [1.82, 2.24) is 14.7 Å². The molecule has 2 aromatic carbocycles. The van der Waals surface area contributed by atoms with Crippen molar-refractivity contribution >= 4 is 29.3 Å². The van der Waals surface area contributed by atoms with Crippen molar-refractivity contribution < 1.29 is 14.3 Å². The van der Waals surface area contributed by atoms with Crippen LogP contribution in [0, 0.1) is 13.8 Å². The highest BCUT2D eigenvalue weighted by Crippen LogP contribution is 2.25. The Kier molecular flexibility index (Phi) is 6.50. The molecule has 0 aliphatic carbocycles. The summed E-state index contributed by atoms with van der Waals surface area (Å²) in [5.41, 5.74) is 4.31. The van der Waals surface area contributed by atoms with Gasteiger partial charge in [-0.1, -0.05) is 18.2 Å². The van der Waals surface area contributed by atoms with Crippen LogP contribution in [-0.4, -0.2) is 51.3 Å². The van der Waals surface area contributed by atoms with Gasteiger partial charge in [0.05, 0.1) is 30.8 Å². The SMILES string of the molecule is COc1ccc(NC(=O)C2CSCN2C(=O)Cc2c(C)nn(-c3ccccc3)c2C)cc1. The van der Waals surface area contributed by atoms with Crippen molar-refractivity contribution in [3.63, 3.8) is 0 Å². The first-order valence-electron chi connectivity index (χ1n) is 10.4.